The van der Waals surface area contributed by atoms with Crippen LogP contribution in [0.3, 0.4) is 0 Å². The summed E-state index contributed by atoms with van der Waals surface area (Å²) in [5.74, 6) is 0.998. The molecule has 1 atom stereocenters. The van der Waals surface area contributed by atoms with Crippen molar-refractivity contribution < 1.29 is 9.90 Å². The number of halogens is 1. The quantitative estimate of drug-likeness (QED) is 0.834. The van der Waals surface area contributed by atoms with Gasteiger partial charge in [0.25, 0.3) is 0 Å². The van der Waals surface area contributed by atoms with Gasteiger partial charge in [-0.2, -0.15) is 0 Å². The summed E-state index contributed by atoms with van der Waals surface area (Å²) in [5, 5.41) is 13.3. The predicted molar refractivity (Wildman–Crippen MR) is 84.9 cm³/mol. The number of aliphatic hydroxyl groups is 1. The maximum atomic E-state index is 12.4. The highest BCUT2D eigenvalue weighted by molar-refractivity contribution is 7.99. The van der Waals surface area contributed by atoms with E-state index < -0.39 is 0 Å². The van der Waals surface area contributed by atoms with Crippen molar-refractivity contribution in [1.82, 2.24) is 10.2 Å². The van der Waals surface area contributed by atoms with Crippen molar-refractivity contribution in [3.05, 3.63) is 28.8 Å². The number of benzene rings is 1. The minimum Gasteiger partial charge on any atom is -0.393 e. The Morgan fingerprint density at radius 3 is 2.86 bits per heavy atom. The number of urea groups is 1. The van der Waals surface area contributed by atoms with Gasteiger partial charge in [0.1, 0.15) is 0 Å². The van der Waals surface area contributed by atoms with E-state index in [1.807, 2.05) is 30.0 Å². The zero-order chi connectivity index (χ0) is 14.8. The Morgan fingerprint density at radius 2 is 2.10 bits per heavy atom. The molecule has 1 saturated heterocycles. The molecule has 6 heteroatoms. The van der Waals surface area contributed by atoms with Gasteiger partial charge in [-0.1, -0.05) is 11.6 Å². The fraction of sp³-hybridized carbons (Fsp3) is 0.533. The molecule has 1 aromatic carbocycles. The lowest BCUT2D eigenvalue weighted by Crippen LogP contribution is -2.46. The number of aliphatic hydroxyl groups excluding tert-OH is 1. The van der Waals surface area contributed by atoms with Crippen LogP contribution in [0.25, 0.3) is 0 Å². The van der Waals surface area contributed by atoms with E-state index in [4.69, 9.17) is 11.6 Å². The average Bonchev–Trinajstić information content (AvgIpc) is 2.48. The van der Waals surface area contributed by atoms with Crippen LogP contribution in [0.2, 0.25) is 5.02 Å². The van der Waals surface area contributed by atoms with Crippen molar-refractivity contribution in [2.24, 2.45) is 0 Å². The van der Waals surface area contributed by atoms with Crippen LogP contribution in [0, 0.1) is 0 Å². The summed E-state index contributed by atoms with van der Waals surface area (Å²) in [6.45, 7) is 1.24. The molecule has 4 nitrogen and oxygen atoms in total. The number of carbonyl (C=O) groups is 1. The number of likely N-dealkylation sites (tertiary alicyclic amines) is 1. The molecule has 3 rings (SSSR count). The van der Waals surface area contributed by atoms with Crippen LogP contribution in [-0.2, 0) is 0 Å². The van der Waals surface area contributed by atoms with Crippen LogP contribution in [0.4, 0.5) is 4.79 Å². The molecule has 0 radical (unpaired) electrons. The van der Waals surface area contributed by atoms with Crippen LogP contribution >= 0.6 is 23.4 Å². The number of nitrogens with one attached hydrogen (secondary N) is 1. The first-order valence-electron chi connectivity index (χ1n) is 7.29. The SMILES string of the molecule is O=C(NC1CCSc2ccc(Cl)cc21)N1CCC(O)CC1. The summed E-state index contributed by atoms with van der Waals surface area (Å²) in [5.41, 5.74) is 1.11. The second-order valence-corrected chi connectivity index (χ2v) is 7.11. The van der Waals surface area contributed by atoms with E-state index in [9.17, 15) is 9.90 Å². The van der Waals surface area contributed by atoms with Gasteiger partial charge >= 0.3 is 6.03 Å². The van der Waals surface area contributed by atoms with Gasteiger partial charge in [0, 0.05) is 28.8 Å². The topological polar surface area (TPSA) is 52.6 Å². The summed E-state index contributed by atoms with van der Waals surface area (Å²) >= 11 is 7.89. The van der Waals surface area contributed by atoms with E-state index >= 15 is 0 Å². The molecule has 0 bridgehead atoms. The third-order valence-electron chi connectivity index (χ3n) is 4.06. The third-order valence-corrected chi connectivity index (χ3v) is 5.42. The molecule has 0 spiro atoms. The van der Waals surface area contributed by atoms with Crippen molar-refractivity contribution >= 4 is 29.4 Å². The number of hydrogen-bond donors (Lipinski definition) is 2. The first kappa shape index (κ1) is 15.0. The number of thioether (sulfide) groups is 1. The Kier molecular flexibility index (Phi) is 4.62. The highest BCUT2D eigenvalue weighted by atomic mass is 35.5. The van der Waals surface area contributed by atoms with Gasteiger partial charge in [-0.15, -0.1) is 11.8 Å². The Hall–Kier alpha value is -0.910. The molecule has 2 amide bonds. The maximum absolute atomic E-state index is 12.4. The minimum absolute atomic E-state index is 0.0271. The Balaban J connectivity index is 1.68. The highest BCUT2D eigenvalue weighted by Crippen LogP contribution is 2.37. The lowest BCUT2D eigenvalue weighted by molar-refractivity contribution is 0.0927. The normalized spacial score (nSPS) is 22.8. The summed E-state index contributed by atoms with van der Waals surface area (Å²) in [6.07, 6.45) is 1.98. The van der Waals surface area contributed by atoms with Crippen LogP contribution in [0.15, 0.2) is 23.1 Å². The number of piperidine rings is 1. The Bertz CT molecular complexity index is 532. The average molecular weight is 327 g/mol. The van der Waals surface area contributed by atoms with E-state index in [1.165, 1.54) is 4.90 Å². The molecule has 2 heterocycles. The van der Waals surface area contributed by atoms with Crippen LogP contribution in [0.1, 0.15) is 30.9 Å². The molecule has 0 aliphatic carbocycles. The molecule has 114 valence electrons. The number of rotatable bonds is 1. The predicted octanol–water partition coefficient (Wildman–Crippen LogP) is 3.04. The van der Waals surface area contributed by atoms with Crippen molar-refractivity contribution in [3.63, 3.8) is 0 Å². The fourth-order valence-electron chi connectivity index (χ4n) is 2.82. The summed E-state index contributed by atoms with van der Waals surface area (Å²) in [6, 6.07) is 5.86. The zero-order valence-electron chi connectivity index (χ0n) is 11.7. The first-order chi connectivity index (χ1) is 10.1. The molecule has 2 aliphatic heterocycles. The van der Waals surface area contributed by atoms with Crippen molar-refractivity contribution in [1.29, 1.82) is 0 Å². The molecule has 21 heavy (non-hydrogen) atoms. The molecule has 1 unspecified atom stereocenters. The summed E-state index contributed by atoms with van der Waals surface area (Å²) < 4.78 is 0. The number of amides is 2. The van der Waals surface area contributed by atoms with Crippen LogP contribution in [-0.4, -0.2) is 41.0 Å². The molecular formula is C15H19ClN2O2S. The molecular weight excluding hydrogens is 308 g/mol. The molecule has 0 aromatic heterocycles. The molecule has 1 aromatic rings. The molecule has 2 N–H and O–H groups in total. The van der Waals surface area contributed by atoms with Crippen LogP contribution in [0.5, 0.6) is 0 Å². The van der Waals surface area contributed by atoms with Gasteiger partial charge in [-0.05, 0) is 43.0 Å². The number of hydrogen-bond acceptors (Lipinski definition) is 3. The molecule has 1 fully saturated rings. The maximum Gasteiger partial charge on any atom is 0.317 e. The van der Waals surface area contributed by atoms with E-state index in [0.29, 0.717) is 31.0 Å². The summed E-state index contributed by atoms with van der Waals surface area (Å²) in [4.78, 5) is 15.4. The van der Waals surface area contributed by atoms with Crippen molar-refractivity contribution in [3.8, 4) is 0 Å². The lowest BCUT2D eigenvalue weighted by atomic mass is 10.0. The number of fused-ring (bicyclic) bond motifs is 1. The fourth-order valence-corrected chi connectivity index (χ4v) is 4.11. The summed E-state index contributed by atoms with van der Waals surface area (Å²) in [7, 11) is 0. The van der Waals surface area contributed by atoms with Gasteiger partial charge in [-0.25, -0.2) is 4.79 Å². The van der Waals surface area contributed by atoms with Gasteiger partial charge in [0.15, 0.2) is 0 Å². The lowest BCUT2D eigenvalue weighted by Gasteiger charge is -2.33. The van der Waals surface area contributed by atoms with E-state index in [1.54, 1.807) is 4.90 Å². The second kappa shape index (κ2) is 6.46. The number of nitrogens with zero attached hydrogens (tertiary/aromatic N) is 1. The van der Waals surface area contributed by atoms with Crippen LogP contribution < -0.4 is 5.32 Å². The van der Waals surface area contributed by atoms with Gasteiger partial charge in [-0.3, -0.25) is 0 Å². The second-order valence-electron chi connectivity index (χ2n) is 5.54. The van der Waals surface area contributed by atoms with Crippen molar-refractivity contribution in [2.45, 2.75) is 36.3 Å². The smallest absolute Gasteiger partial charge is 0.317 e. The minimum atomic E-state index is -0.264. The van der Waals surface area contributed by atoms with Gasteiger partial charge in [0.05, 0.1) is 12.1 Å². The van der Waals surface area contributed by atoms with Gasteiger partial charge in [0.2, 0.25) is 0 Å². The van der Waals surface area contributed by atoms with Crippen molar-refractivity contribution in [2.75, 3.05) is 18.8 Å². The highest BCUT2D eigenvalue weighted by Gasteiger charge is 2.26. The van der Waals surface area contributed by atoms with E-state index in [-0.39, 0.29) is 18.2 Å². The largest absolute Gasteiger partial charge is 0.393 e. The number of carbonyl (C=O) groups excluding carboxylic acids is 1. The zero-order valence-corrected chi connectivity index (χ0v) is 13.3. The van der Waals surface area contributed by atoms with Gasteiger partial charge < -0.3 is 15.3 Å². The van der Waals surface area contributed by atoms with E-state index in [0.717, 1.165) is 17.7 Å². The Morgan fingerprint density at radius 1 is 1.33 bits per heavy atom. The monoisotopic (exact) mass is 326 g/mol. The molecule has 0 saturated carbocycles. The third kappa shape index (κ3) is 3.47. The first-order valence-corrected chi connectivity index (χ1v) is 8.65. The van der Waals surface area contributed by atoms with E-state index in [2.05, 4.69) is 5.32 Å². The molecule has 2 aliphatic rings. The Labute approximate surface area is 133 Å². The standard InChI is InChI=1S/C15H19ClN2O2S/c16-10-1-2-14-12(9-10)13(5-8-21-14)17-15(20)18-6-3-11(19)4-7-18/h1-2,9,11,13,19H,3-8H2,(H,17,20).